The van der Waals surface area contributed by atoms with Crippen molar-refractivity contribution in [2.24, 2.45) is 0 Å². The molecule has 6 heteroatoms. The van der Waals surface area contributed by atoms with E-state index in [9.17, 15) is 9.59 Å². The number of hydrogen-bond donors (Lipinski definition) is 1. The number of amides is 2. The molecule has 0 bridgehead atoms. The normalized spacial score (nSPS) is 11.5. The number of benzene rings is 2. The summed E-state index contributed by atoms with van der Waals surface area (Å²) in [6.07, 6.45) is 1.51. The maximum atomic E-state index is 12.8. The van der Waals surface area contributed by atoms with Crippen molar-refractivity contribution in [3.05, 3.63) is 65.2 Å². The summed E-state index contributed by atoms with van der Waals surface area (Å²) in [6.45, 7) is 4.62. The molecule has 1 unspecified atom stereocenters. The first-order chi connectivity index (χ1) is 13.5. The van der Waals surface area contributed by atoms with Gasteiger partial charge in [0.2, 0.25) is 5.91 Å². The quantitative estimate of drug-likeness (QED) is 0.659. The van der Waals surface area contributed by atoms with Gasteiger partial charge in [0.1, 0.15) is 11.8 Å². The minimum atomic E-state index is -0.573. The molecule has 0 spiro atoms. The molecule has 0 saturated heterocycles. The third-order valence-corrected chi connectivity index (χ3v) is 4.63. The highest BCUT2D eigenvalue weighted by Gasteiger charge is 2.25. The van der Waals surface area contributed by atoms with Gasteiger partial charge in [-0.2, -0.15) is 0 Å². The molecular weight excluding hydrogens is 376 g/mol. The number of hydrogen-bond acceptors (Lipinski definition) is 3. The molecule has 5 nitrogen and oxygen atoms in total. The van der Waals surface area contributed by atoms with E-state index in [0.717, 1.165) is 12.0 Å². The van der Waals surface area contributed by atoms with Crippen LogP contribution >= 0.6 is 11.6 Å². The van der Waals surface area contributed by atoms with Crippen LogP contribution < -0.4 is 10.1 Å². The molecule has 2 amide bonds. The van der Waals surface area contributed by atoms with Crippen molar-refractivity contribution >= 4 is 23.4 Å². The summed E-state index contributed by atoms with van der Waals surface area (Å²) in [5.41, 5.74) is 1.11. The lowest BCUT2D eigenvalue weighted by Crippen LogP contribution is -2.50. The number of halogens is 1. The third kappa shape index (κ3) is 6.89. The predicted octanol–water partition coefficient (Wildman–Crippen LogP) is 3.70. The number of carbonyl (C=O) groups excluding carboxylic acids is 2. The molecule has 0 heterocycles. The number of rotatable bonds is 10. The summed E-state index contributed by atoms with van der Waals surface area (Å²) in [5.74, 6) is 0.170. The largest absolute Gasteiger partial charge is 0.484 e. The van der Waals surface area contributed by atoms with Gasteiger partial charge < -0.3 is 15.0 Å². The minimum Gasteiger partial charge on any atom is -0.484 e. The van der Waals surface area contributed by atoms with Crippen LogP contribution in [0.5, 0.6) is 5.75 Å². The van der Waals surface area contributed by atoms with E-state index in [-0.39, 0.29) is 18.4 Å². The molecule has 150 valence electrons. The average molecular weight is 403 g/mol. The summed E-state index contributed by atoms with van der Waals surface area (Å²) < 4.78 is 5.59. The summed E-state index contributed by atoms with van der Waals surface area (Å²) in [4.78, 5) is 26.8. The Hall–Kier alpha value is -2.53. The van der Waals surface area contributed by atoms with Gasteiger partial charge in [-0.1, -0.05) is 48.9 Å². The van der Waals surface area contributed by atoms with Crippen LogP contribution in [0.1, 0.15) is 25.8 Å². The zero-order chi connectivity index (χ0) is 20.4. The Morgan fingerprint density at radius 2 is 1.79 bits per heavy atom. The Balaban J connectivity index is 2.03. The molecule has 0 aliphatic heterocycles. The van der Waals surface area contributed by atoms with Gasteiger partial charge in [-0.3, -0.25) is 9.59 Å². The summed E-state index contributed by atoms with van der Waals surface area (Å²) in [5, 5.41) is 3.46. The third-order valence-electron chi connectivity index (χ3n) is 4.38. The fourth-order valence-electron chi connectivity index (χ4n) is 2.72. The van der Waals surface area contributed by atoms with E-state index in [1.165, 1.54) is 0 Å². The van der Waals surface area contributed by atoms with Gasteiger partial charge in [-0.05, 0) is 49.6 Å². The van der Waals surface area contributed by atoms with Gasteiger partial charge in [0, 0.05) is 18.1 Å². The van der Waals surface area contributed by atoms with E-state index in [4.69, 9.17) is 16.3 Å². The summed E-state index contributed by atoms with van der Waals surface area (Å²) >= 11 is 5.87. The van der Waals surface area contributed by atoms with E-state index in [1.54, 1.807) is 36.1 Å². The average Bonchev–Trinajstić information content (AvgIpc) is 2.72. The lowest BCUT2D eigenvalue weighted by Gasteiger charge is -2.28. The molecule has 28 heavy (non-hydrogen) atoms. The lowest BCUT2D eigenvalue weighted by molar-refractivity contribution is -0.141. The van der Waals surface area contributed by atoms with E-state index in [2.05, 4.69) is 5.32 Å². The molecule has 0 radical (unpaired) electrons. The Morgan fingerprint density at radius 3 is 2.43 bits per heavy atom. The number of ether oxygens (including phenoxy) is 1. The smallest absolute Gasteiger partial charge is 0.261 e. The van der Waals surface area contributed by atoms with Gasteiger partial charge in [0.25, 0.3) is 5.91 Å². The van der Waals surface area contributed by atoms with Crippen molar-refractivity contribution in [1.29, 1.82) is 0 Å². The van der Waals surface area contributed by atoms with Crippen LogP contribution in [-0.4, -0.2) is 42.5 Å². The van der Waals surface area contributed by atoms with Crippen LogP contribution in [0.15, 0.2) is 54.6 Å². The van der Waals surface area contributed by atoms with Gasteiger partial charge in [-0.15, -0.1) is 0 Å². The van der Waals surface area contributed by atoms with Crippen molar-refractivity contribution in [2.45, 2.75) is 32.7 Å². The first-order valence-corrected chi connectivity index (χ1v) is 9.88. The van der Waals surface area contributed by atoms with Gasteiger partial charge in [-0.25, -0.2) is 0 Å². The summed E-state index contributed by atoms with van der Waals surface area (Å²) in [6, 6.07) is 16.1. The van der Waals surface area contributed by atoms with Crippen molar-refractivity contribution in [1.82, 2.24) is 10.2 Å². The maximum Gasteiger partial charge on any atom is 0.261 e. The second-order valence-corrected chi connectivity index (χ2v) is 6.97. The van der Waals surface area contributed by atoms with Crippen LogP contribution in [0.25, 0.3) is 0 Å². The highest BCUT2D eigenvalue weighted by atomic mass is 35.5. The van der Waals surface area contributed by atoms with Crippen LogP contribution in [0.4, 0.5) is 0 Å². The molecule has 0 fully saturated rings. The minimum absolute atomic E-state index is 0.137. The molecule has 2 rings (SSSR count). The van der Waals surface area contributed by atoms with Crippen LogP contribution in [0.2, 0.25) is 5.02 Å². The molecule has 2 aromatic carbocycles. The van der Waals surface area contributed by atoms with E-state index >= 15 is 0 Å². The van der Waals surface area contributed by atoms with Crippen LogP contribution in [0.3, 0.4) is 0 Å². The van der Waals surface area contributed by atoms with Crippen molar-refractivity contribution < 1.29 is 14.3 Å². The second-order valence-electron chi connectivity index (χ2n) is 6.53. The predicted molar refractivity (Wildman–Crippen MR) is 112 cm³/mol. The molecule has 0 aliphatic carbocycles. The fourth-order valence-corrected chi connectivity index (χ4v) is 2.85. The molecule has 0 aromatic heterocycles. The maximum absolute atomic E-state index is 12.8. The van der Waals surface area contributed by atoms with E-state index in [0.29, 0.717) is 30.3 Å². The monoisotopic (exact) mass is 402 g/mol. The number of carbonyl (C=O) groups is 2. The standard InChI is InChI=1S/C22H27ClN2O3/c1-3-14-24-22(27)17(2)25(15-13-18-7-5-4-6-8-18)21(26)16-28-20-11-9-19(23)10-12-20/h4-12,17H,3,13-16H2,1-2H3,(H,24,27). The molecule has 1 N–H and O–H groups in total. The van der Waals surface area contributed by atoms with Crippen molar-refractivity contribution in [3.63, 3.8) is 0 Å². The van der Waals surface area contributed by atoms with Gasteiger partial charge in [0.15, 0.2) is 6.61 Å². The Kier molecular flexibility index (Phi) is 8.82. The molecule has 0 saturated carbocycles. The number of nitrogens with one attached hydrogen (secondary N) is 1. The summed E-state index contributed by atoms with van der Waals surface area (Å²) in [7, 11) is 0. The van der Waals surface area contributed by atoms with Crippen LogP contribution in [0, 0.1) is 0 Å². The molecular formula is C22H27ClN2O3. The SMILES string of the molecule is CCCNC(=O)C(C)N(CCc1ccccc1)C(=O)COc1ccc(Cl)cc1. The first-order valence-electron chi connectivity index (χ1n) is 9.50. The van der Waals surface area contributed by atoms with Crippen LogP contribution in [-0.2, 0) is 16.0 Å². The first kappa shape index (κ1) is 21.8. The fraction of sp³-hybridized carbons (Fsp3) is 0.364. The molecule has 0 aliphatic rings. The Labute approximate surface area is 171 Å². The van der Waals surface area contributed by atoms with Gasteiger partial charge >= 0.3 is 0 Å². The Bertz CT molecular complexity index is 750. The second kappa shape index (κ2) is 11.3. The zero-order valence-electron chi connectivity index (χ0n) is 16.4. The highest BCUT2D eigenvalue weighted by Crippen LogP contribution is 2.16. The zero-order valence-corrected chi connectivity index (χ0v) is 17.1. The number of nitrogens with zero attached hydrogens (tertiary/aromatic N) is 1. The van der Waals surface area contributed by atoms with E-state index in [1.807, 2.05) is 37.3 Å². The lowest BCUT2D eigenvalue weighted by atomic mass is 10.1. The molecule has 2 aromatic rings. The van der Waals surface area contributed by atoms with Crippen molar-refractivity contribution in [3.8, 4) is 5.75 Å². The van der Waals surface area contributed by atoms with E-state index < -0.39 is 6.04 Å². The topological polar surface area (TPSA) is 58.6 Å². The highest BCUT2D eigenvalue weighted by molar-refractivity contribution is 6.30. The van der Waals surface area contributed by atoms with Crippen molar-refractivity contribution in [2.75, 3.05) is 19.7 Å². The Morgan fingerprint density at radius 1 is 1.11 bits per heavy atom. The van der Waals surface area contributed by atoms with Gasteiger partial charge in [0.05, 0.1) is 0 Å². The molecule has 1 atom stereocenters.